The highest BCUT2D eigenvalue weighted by molar-refractivity contribution is 6.23. The second-order valence-corrected chi connectivity index (χ2v) is 7.17. The van der Waals surface area contributed by atoms with Crippen LogP contribution in [0.5, 0.6) is 0 Å². The van der Waals surface area contributed by atoms with Crippen LogP contribution in [0.25, 0.3) is 0 Å². The van der Waals surface area contributed by atoms with Crippen molar-refractivity contribution >= 4 is 17.5 Å². The number of amides is 2. The molecule has 4 atom stereocenters. The molecule has 23 heavy (non-hydrogen) atoms. The van der Waals surface area contributed by atoms with Gasteiger partial charge in [0.1, 0.15) is 0 Å². The normalized spacial score (nSPS) is 31.3. The molecule has 0 spiro atoms. The lowest BCUT2D eigenvalue weighted by atomic mass is 9.85. The molecule has 1 aromatic rings. The number of carbonyl (C=O) groups is 2. The minimum Gasteiger partial charge on any atom is -0.274 e. The van der Waals surface area contributed by atoms with E-state index in [1.165, 1.54) is 16.0 Å². The lowest BCUT2D eigenvalue weighted by Gasteiger charge is -2.21. The van der Waals surface area contributed by atoms with Gasteiger partial charge in [0, 0.05) is 11.8 Å². The van der Waals surface area contributed by atoms with Crippen molar-refractivity contribution in [2.45, 2.75) is 27.7 Å². The van der Waals surface area contributed by atoms with Gasteiger partial charge in [0.05, 0.1) is 17.5 Å². The molecule has 4 rings (SSSR count). The van der Waals surface area contributed by atoms with Crippen molar-refractivity contribution < 1.29 is 9.59 Å². The number of rotatable bonds is 1. The average molecular weight is 307 g/mol. The van der Waals surface area contributed by atoms with Crippen LogP contribution in [-0.2, 0) is 9.59 Å². The van der Waals surface area contributed by atoms with E-state index < -0.39 is 0 Å². The molecule has 2 amide bonds. The molecule has 2 aliphatic carbocycles. The van der Waals surface area contributed by atoms with Gasteiger partial charge < -0.3 is 0 Å². The van der Waals surface area contributed by atoms with Gasteiger partial charge in [0.25, 0.3) is 0 Å². The summed E-state index contributed by atoms with van der Waals surface area (Å²) in [5.41, 5.74) is 5.41. The van der Waals surface area contributed by atoms with Crippen LogP contribution in [0.4, 0.5) is 5.69 Å². The number of fused-ring (bicyclic) bond motifs is 5. The Morgan fingerprint density at radius 2 is 1.52 bits per heavy atom. The zero-order valence-corrected chi connectivity index (χ0v) is 14.0. The summed E-state index contributed by atoms with van der Waals surface area (Å²) in [7, 11) is 0. The van der Waals surface area contributed by atoms with E-state index in [1.807, 2.05) is 32.0 Å². The molecule has 3 nitrogen and oxygen atoms in total. The Kier molecular flexibility index (Phi) is 2.93. The van der Waals surface area contributed by atoms with Crippen molar-refractivity contribution in [1.29, 1.82) is 0 Å². The summed E-state index contributed by atoms with van der Waals surface area (Å²) in [6.45, 7) is 8.16. The molecule has 1 saturated heterocycles. The Bertz CT molecular complexity index is 764. The minimum atomic E-state index is -0.206. The standard InChI is InChI=1S/C20H21NO2/c1-10(2)16-13-8-9-14(16)18-17(13)19(22)21(20(18)23)15-7-5-6-11(3)12(15)4/h5-9,13-14,17-18H,1-4H3/t13-,14-,17+,18+/m1/s1. The number of hydrogen-bond acceptors (Lipinski definition) is 2. The summed E-state index contributed by atoms with van der Waals surface area (Å²) < 4.78 is 0. The van der Waals surface area contributed by atoms with Crippen molar-refractivity contribution in [3.63, 3.8) is 0 Å². The molecule has 0 N–H and O–H groups in total. The average Bonchev–Trinajstić information content (AvgIpc) is 3.13. The van der Waals surface area contributed by atoms with Gasteiger partial charge in [0.15, 0.2) is 0 Å². The Morgan fingerprint density at radius 3 is 2.04 bits per heavy atom. The fourth-order valence-corrected chi connectivity index (χ4v) is 4.65. The molecular formula is C20H21NO2. The van der Waals surface area contributed by atoms with Crippen LogP contribution in [0.15, 0.2) is 41.5 Å². The van der Waals surface area contributed by atoms with Gasteiger partial charge in [-0.3, -0.25) is 9.59 Å². The first-order valence-corrected chi connectivity index (χ1v) is 8.23. The molecule has 0 radical (unpaired) electrons. The highest BCUT2D eigenvalue weighted by atomic mass is 16.2. The molecule has 2 fully saturated rings. The summed E-state index contributed by atoms with van der Waals surface area (Å²) in [6.07, 6.45) is 4.26. The molecule has 2 bridgehead atoms. The minimum absolute atomic E-state index is 0.0238. The maximum Gasteiger partial charge on any atom is 0.238 e. The lowest BCUT2D eigenvalue weighted by molar-refractivity contribution is -0.122. The first-order valence-electron chi connectivity index (χ1n) is 8.23. The monoisotopic (exact) mass is 307 g/mol. The van der Waals surface area contributed by atoms with Crippen molar-refractivity contribution in [2.75, 3.05) is 4.90 Å². The van der Waals surface area contributed by atoms with Gasteiger partial charge in [-0.15, -0.1) is 0 Å². The van der Waals surface area contributed by atoms with Crippen molar-refractivity contribution in [3.05, 3.63) is 52.6 Å². The van der Waals surface area contributed by atoms with Gasteiger partial charge in [-0.05, 0) is 44.9 Å². The Hall–Kier alpha value is -2.16. The molecule has 1 saturated carbocycles. The third-order valence-corrected chi connectivity index (χ3v) is 5.81. The van der Waals surface area contributed by atoms with Gasteiger partial charge in [-0.25, -0.2) is 4.90 Å². The summed E-state index contributed by atoms with van der Waals surface area (Å²) in [5.74, 6) is -0.235. The zero-order chi connectivity index (χ0) is 16.5. The molecule has 3 aliphatic rings. The number of carbonyl (C=O) groups excluding carboxylic acids is 2. The number of allylic oxidation sites excluding steroid dienone is 4. The van der Waals surface area contributed by atoms with Crippen LogP contribution in [0.3, 0.4) is 0 Å². The highest BCUT2D eigenvalue weighted by Crippen LogP contribution is 2.57. The Labute approximate surface area is 136 Å². The Balaban J connectivity index is 1.80. The lowest BCUT2D eigenvalue weighted by Crippen LogP contribution is -2.34. The zero-order valence-electron chi connectivity index (χ0n) is 14.0. The number of anilines is 1. The van der Waals surface area contributed by atoms with Gasteiger partial charge in [-0.1, -0.05) is 35.4 Å². The smallest absolute Gasteiger partial charge is 0.238 e. The molecule has 1 aliphatic heterocycles. The van der Waals surface area contributed by atoms with E-state index in [2.05, 4.69) is 26.0 Å². The third kappa shape index (κ3) is 1.71. The van der Waals surface area contributed by atoms with Crippen molar-refractivity contribution in [1.82, 2.24) is 0 Å². The molecule has 0 unspecified atom stereocenters. The summed E-state index contributed by atoms with van der Waals surface area (Å²) in [5, 5.41) is 0. The number of aryl methyl sites for hydroxylation is 1. The fraction of sp³-hybridized carbons (Fsp3) is 0.400. The molecule has 3 heteroatoms. The van der Waals surface area contributed by atoms with E-state index in [-0.39, 0.29) is 35.5 Å². The van der Waals surface area contributed by atoms with E-state index >= 15 is 0 Å². The highest BCUT2D eigenvalue weighted by Gasteiger charge is 2.62. The summed E-state index contributed by atoms with van der Waals surface area (Å²) in [4.78, 5) is 27.6. The predicted octanol–water partition coefficient (Wildman–Crippen LogP) is 3.56. The van der Waals surface area contributed by atoms with Gasteiger partial charge >= 0.3 is 0 Å². The molecule has 118 valence electrons. The summed E-state index contributed by atoms with van der Waals surface area (Å²) in [6, 6.07) is 5.81. The van der Waals surface area contributed by atoms with E-state index in [1.54, 1.807) is 0 Å². The van der Waals surface area contributed by atoms with Crippen LogP contribution < -0.4 is 4.90 Å². The fourth-order valence-electron chi connectivity index (χ4n) is 4.65. The van der Waals surface area contributed by atoms with Crippen molar-refractivity contribution in [2.24, 2.45) is 23.7 Å². The largest absolute Gasteiger partial charge is 0.274 e. The van der Waals surface area contributed by atoms with Crippen molar-refractivity contribution in [3.8, 4) is 0 Å². The molecule has 0 aromatic heterocycles. The Morgan fingerprint density at radius 1 is 0.957 bits per heavy atom. The number of imide groups is 1. The molecular weight excluding hydrogens is 286 g/mol. The van der Waals surface area contributed by atoms with Crippen LogP contribution in [0.2, 0.25) is 0 Å². The van der Waals surface area contributed by atoms with E-state index in [0.717, 1.165) is 16.8 Å². The first kappa shape index (κ1) is 14.4. The number of benzene rings is 1. The van der Waals surface area contributed by atoms with E-state index in [0.29, 0.717) is 0 Å². The second kappa shape index (κ2) is 4.67. The SMILES string of the molecule is CC(C)=C1[C@H]2C=C[C@H]1[C@@H]1C(=O)N(c3cccc(C)c3C)C(=O)[C@H]12. The number of nitrogens with zero attached hydrogens (tertiary/aromatic N) is 1. The van der Waals surface area contributed by atoms with Crippen LogP contribution >= 0.6 is 0 Å². The quantitative estimate of drug-likeness (QED) is 0.587. The topological polar surface area (TPSA) is 37.4 Å². The number of hydrogen-bond donors (Lipinski definition) is 0. The maximum absolute atomic E-state index is 13.1. The van der Waals surface area contributed by atoms with E-state index in [9.17, 15) is 9.59 Å². The van der Waals surface area contributed by atoms with Gasteiger partial charge in [-0.2, -0.15) is 0 Å². The predicted molar refractivity (Wildman–Crippen MR) is 89.9 cm³/mol. The van der Waals surface area contributed by atoms with Crippen LogP contribution in [0.1, 0.15) is 25.0 Å². The van der Waals surface area contributed by atoms with E-state index in [4.69, 9.17) is 0 Å². The second-order valence-electron chi connectivity index (χ2n) is 7.17. The van der Waals surface area contributed by atoms with Gasteiger partial charge in [0.2, 0.25) is 11.8 Å². The van der Waals surface area contributed by atoms with Crippen LogP contribution in [-0.4, -0.2) is 11.8 Å². The maximum atomic E-state index is 13.1. The van der Waals surface area contributed by atoms with Crippen LogP contribution in [0, 0.1) is 37.5 Å². The molecule has 1 aromatic carbocycles. The first-order chi connectivity index (χ1) is 10.9. The third-order valence-electron chi connectivity index (χ3n) is 5.81. The summed E-state index contributed by atoms with van der Waals surface area (Å²) >= 11 is 0. The molecule has 1 heterocycles.